The van der Waals surface area contributed by atoms with Gasteiger partial charge >= 0.3 is 5.97 Å². The number of rotatable bonds is 3. The molecule has 0 bridgehead atoms. The Bertz CT molecular complexity index is 697. The van der Waals surface area contributed by atoms with Crippen molar-refractivity contribution in [3.8, 4) is 0 Å². The van der Waals surface area contributed by atoms with Gasteiger partial charge in [0, 0.05) is 9.77 Å². The van der Waals surface area contributed by atoms with Gasteiger partial charge in [0.25, 0.3) is 0 Å². The zero-order valence-corrected chi connectivity index (χ0v) is 13.3. The Morgan fingerprint density at radius 3 is 2.70 bits per heavy atom. The van der Waals surface area contributed by atoms with Crippen LogP contribution in [0.5, 0.6) is 0 Å². The molecule has 0 saturated carbocycles. The number of carboxylic acid groups (broad SMARTS) is 1. The topological polar surface area (TPSA) is 62.2 Å². The van der Waals surface area contributed by atoms with Gasteiger partial charge < -0.3 is 10.4 Å². The lowest BCUT2D eigenvalue weighted by Crippen LogP contribution is -2.06. The average molecular weight is 427 g/mol. The van der Waals surface area contributed by atoms with Gasteiger partial charge in [0.1, 0.15) is 16.5 Å². The van der Waals surface area contributed by atoms with Crippen LogP contribution >= 0.6 is 45.8 Å². The number of hydrogen-bond donors (Lipinski definition) is 2. The van der Waals surface area contributed by atoms with Gasteiger partial charge in [-0.2, -0.15) is 0 Å². The van der Waals surface area contributed by atoms with Crippen LogP contribution in [0.15, 0.2) is 24.4 Å². The van der Waals surface area contributed by atoms with Crippen molar-refractivity contribution in [1.29, 1.82) is 0 Å². The number of pyridine rings is 1. The molecule has 104 valence electrons. The number of nitrogens with one attached hydrogen (secondary N) is 1. The number of halogens is 4. The Labute approximate surface area is 137 Å². The molecule has 1 aromatic heterocycles. The highest BCUT2D eigenvalue weighted by atomic mass is 127. The van der Waals surface area contributed by atoms with Crippen LogP contribution in [0.25, 0.3) is 0 Å². The van der Waals surface area contributed by atoms with Gasteiger partial charge in [-0.1, -0.05) is 23.2 Å². The maximum atomic E-state index is 13.8. The fourth-order valence-corrected chi connectivity index (χ4v) is 2.38. The van der Waals surface area contributed by atoms with Crippen LogP contribution in [0, 0.1) is 9.39 Å². The second kappa shape index (κ2) is 6.11. The van der Waals surface area contributed by atoms with Crippen LogP contribution in [0.2, 0.25) is 10.2 Å². The molecule has 0 aliphatic rings. The lowest BCUT2D eigenvalue weighted by Gasteiger charge is -2.13. The molecule has 0 amide bonds. The largest absolute Gasteiger partial charge is 0.478 e. The molecule has 1 heterocycles. The zero-order chi connectivity index (χ0) is 14.9. The molecule has 0 aliphatic heterocycles. The van der Waals surface area contributed by atoms with E-state index in [0.29, 0.717) is 3.57 Å². The molecular formula is C12H6Cl2FIN2O2. The Hall–Kier alpha value is -1.12. The third-order valence-electron chi connectivity index (χ3n) is 2.39. The lowest BCUT2D eigenvalue weighted by molar-refractivity contribution is 0.0697. The smallest absolute Gasteiger partial charge is 0.341 e. The number of hydrogen-bond acceptors (Lipinski definition) is 3. The van der Waals surface area contributed by atoms with Gasteiger partial charge in [-0.3, -0.25) is 0 Å². The van der Waals surface area contributed by atoms with E-state index < -0.39 is 11.8 Å². The Kier molecular flexibility index (Phi) is 4.66. The van der Waals surface area contributed by atoms with E-state index >= 15 is 0 Å². The minimum atomic E-state index is -1.31. The van der Waals surface area contributed by atoms with Crippen LogP contribution in [0.4, 0.5) is 15.8 Å². The molecule has 2 rings (SSSR count). The Morgan fingerprint density at radius 1 is 1.40 bits per heavy atom. The molecule has 0 aliphatic carbocycles. The van der Waals surface area contributed by atoms with Crippen molar-refractivity contribution >= 4 is 63.1 Å². The first-order chi connectivity index (χ1) is 9.40. The predicted molar refractivity (Wildman–Crippen MR) is 83.6 cm³/mol. The summed E-state index contributed by atoms with van der Waals surface area (Å²) in [5.41, 5.74) is -0.214. The minimum Gasteiger partial charge on any atom is -0.478 e. The van der Waals surface area contributed by atoms with E-state index in [1.807, 2.05) is 22.6 Å². The van der Waals surface area contributed by atoms with Crippen molar-refractivity contribution in [2.75, 3.05) is 5.32 Å². The van der Waals surface area contributed by atoms with Crippen molar-refractivity contribution in [1.82, 2.24) is 4.98 Å². The molecule has 0 unspecified atom stereocenters. The summed E-state index contributed by atoms with van der Waals surface area (Å²) in [7, 11) is 0. The summed E-state index contributed by atoms with van der Waals surface area (Å²) < 4.78 is 14.5. The first kappa shape index (κ1) is 15.3. The van der Waals surface area contributed by atoms with Gasteiger partial charge in [0.05, 0.1) is 16.4 Å². The molecule has 0 fully saturated rings. The molecule has 0 radical (unpaired) electrons. The second-order valence-electron chi connectivity index (χ2n) is 3.70. The maximum Gasteiger partial charge on any atom is 0.341 e. The molecule has 4 nitrogen and oxygen atoms in total. The van der Waals surface area contributed by atoms with Crippen molar-refractivity contribution in [3.05, 3.63) is 49.5 Å². The summed E-state index contributed by atoms with van der Waals surface area (Å²) in [6.07, 6.45) is 1.20. The molecule has 0 atom stereocenters. The maximum absolute atomic E-state index is 13.8. The van der Waals surface area contributed by atoms with Crippen molar-refractivity contribution in [3.63, 3.8) is 0 Å². The first-order valence-corrected chi connectivity index (χ1v) is 7.03. The summed E-state index contributed by atoms with van der Waals surface area (Å²) in [4.78, 5) is 14.9. The third kappa shape index (κ3) is 3.13. The van der Waals surface area contributed by atoms with E-state index in [0.717, 1.165) is 0 Å². The molecule has 0 saturated heterocycles. The number of nitrogens with zero attached hydrogens (tertiary/aromatic N) is 1. The van der Waals surface area contributed by atoms with Gasteiger partial charge in [0.15, 0.2) is 0 Å². The number of aromatic carboxylic acids is 1. The average Bonchev–Trinajstić information content (AvgIpc) is 2.36. The molecule has 20 heavy (non-hydrogen) atoms. The van der Waals surface area contributed by atoms with Crippen molar-refractivity contribution in [2.45, 2.75) is 0 Å². The molecule has 8 heteroatoms. The number of carbonyl (C=O) groups is 1. The monoisotopic (exact) mass is 426 g/mol. The van der Waals surface area contributed by atoms with Crippen molar-refractivity contribution < 1.29 is 14.3 Å². The van der Waals surface area contributed by atoms with E-state index in [1.54, 1.807) is 6.07 Å². The van der Waals surface area contributed by atoms with E-state index in [1.165, 1.54) is 18.3 Å². The van der Waals surface area contributed by atoms with Gasteiger partial charge in [-0.25, -0.2) is 14.2 Å². The van der Waals surface area contributed by atoms with E-state index in [9.17, 15) is 9.18 Å². The predicted octanol–water partition coefficient (Wildman–Crippen LogP) is 4.57. The highest BCUT2D eigenvalue weighted by Gasteiger charge is 2.20. The first-order valence-electron chi connectivity index (χ1n) is 5.19. The van der Waals surface area contributed by atoms with E-state index in [2.05, 4.69) is 10.3 Å². The molecule has 2 N–H and O–H groups in total. The van der Waals surface area contributed by atoms with E-state index in [-0.39, 0.29) is 27.1 Å². The molecule has 0 spiro atoms. The molecule has 1 aromatic carbocycles. The fraction of sp³-hybridized carbons (Fsp3) is 0. The van der Waals surface area contributed by atoms with Gasteiger partial charge in [0.2, 0.25) is 0 Å². The zero-order valence-electron chi connectivity index (χ0n) is 9.62. The van der Waals surface area contributed by atoms with Crippen LogP contribution < -0.4 is 5.32 Å². The highest BCUT2D eigenvalue weighted by Crippen LogP contribution is 2.33. The molecule has 2 aromatic rings. The van der Waals surface area contributed by atoms with Crippen molar-refractivity contribution in [2.24, 2.45) is 0 Å². The number of carboxylic acids is 1. The summed E-state index contributed by atoms with van der Waals surface area (Å²) >= 11 is 13.6. The SMILES string of the molecule is O=C(O)c1c(Cl)ncc(Cl)c1Nc1ccc(I)cc1F. The quantitative estimate of drug-likeness (QED) is 0.557. The normalized spacial score (nSPS) is 10.4. The summed E-state index contributed by atoms with van der Waals surface area (Å²) in [5, 5.41) is 11.6. The van der Waals surface area contributed by atoms with Crippen LogP contribution in [0.3, 0.4) is 0 Å². The summed E-state index contributed by atoms with van der Waals surface area (Å²) in [5.74, 6) is -1.84. The summed E-state index contributed by atoms with van der Waals surface area (Å²) in [6, 6.07) is 4.45. The Morgan fingerprint density at radius 2 is 2.10 bits per heavy atom. The Balaban J connectivity index is 2.53. The van der Waals surface area contributed by atoms with Gasteiger partial charge in [-0.05, 0) is 40.8 Å². The number of anilines is 2. The highest BCUT2D eigenvalue weighted by molar-refractivity contribution is 14.1. The summed E-state index contributed by atoms with van der Waals surface area (Å²) in [6.45, 7) is 0. The number of aromatic nitrogens is 1. The van der Waals surface area contributed by atoms with E-state index in [4.69, 9.17) is 28.3 Å². The van der Waals surface area contributed by atoms with Crippen LogP contribution in [0.1, 0.15) is 10.4 Å². The lowest BCUT2D eigenvalue weighted by atomic mass is 10.2. The van der Waals surface area contributed by atoms with Gasteiger partial charge in [-0.15, -0.1) is 0 Å². The third-order valence-corrected chi connectivity index (χ3v) is 3.64. The van der Waals surface area contributed by atoms with Crippen LogP contribution in [-0.4, -0.2) is 16.1 Å². The van der Waals surface area contributed by atoms with Crippen LogP contribution in [-0.2, 0) is 0 Å². The standard InChI is InChI=1S/C12H6Cl2FIN2O2/c13-6-4-17-11(14)9(12(19)20)10(6)18-8-2-1-5(16)3-7(8)15/h1-4H,(H,17,18)(H,19,20). The second-order valence-corrected chi connectivity index (χ2v) is 5.71. The number of benzene rings is 1. The molecular weight excluding hydrogens is 421 g/mol. The minimum absolute atomic E-state index is 0.000671. The fourth-order valence-electron chi connectivity index (χ4n) is 1.51.